The quantitative estimate of drug-likeness (QED) is 0.283. The van der Waals surface area contributed by atoms with Crippen molar-refractivity contribution in [2.75, 3.05) is 33.5 Å². The maximum absolute atomic E-state index is 13.9. The second-order valence-electron chi connectivity index (χ2n) is 10.2. The first-order chi connectivity index (χ1) is 20.5. The van der Waals surface area contributed by atoms with E-state index < -0.39 is 6.04 Å². The molecule has 10 nitrogen and oxygen atoms in total. The van der Waals surface area contributed by atoms with Crippen LogP contribution in [0.5, 0.6) is 5.75 Å². The number of ether oxygens (including phenoxy) is 3. The Bertz CT molecular complexity index is 1720. The summed E-state index contributed by atoms with van der Waals surface area (Å²) in [5.41, 5.74) is 4.65. The molecule has 2 unspecified atom stereocenters. The van der Waals surface area contributed by atoms with Gasteiger partial charge in [0.1, 0.15) is 12.4 Å². The average Bonchev–Trinajstić information content (AvgIpc) is 3.55. The van der Waals surface area contributed by atoms with E-state index in [1.807, 2.05) is 24.3 Å². The fourth-order valence-corrected chi connectivity index (χ4v) is 5.56. The summed E-state index contributed by atoms with van der Waals surface area (Å²) in [5.74, 6) is 0.266. The smallest absolute Gasteiger partial charge is 0.252 e. The van der Waals surface area contributed by atoms with E-state index in [0.29, 0.717) is 60.3 Å². The van der Waals surface area contributed by atoms with Crippen LogP contribution in [0.3, 0.4) is 0 Å². The number of carbonyl (C=O) groups excluding carboxylic acids is 1. The highest BCUT2D eigenvalue weighted by Gasteiger charge is 2.29. The van der Waals surface area contributed by atoms with Crippen LogP contribution in [0, 0.1) is 0 Å². The Kier molecular flexibility index (Phi) is 8.27. The topological polar surface area (TPSA) is 114 Å². The third-order valence-corrected chi connectivity index (χ3v) is 7.68. The van der Waals surface area contributed by atoms with Crippen LogP contribution in [0.25, 0.3) is 22.2 Å². The molecule has 0 amide bonds. The monoisotopic (exact) mass is 588 g/mol. The number of pyridine rings is 1. The van der Waals surface area contributed by atoms with Crippen molar-refractivity contribution in [1.29, 1.82) is 0 Å². The summed E-state index contributed by atoms with van der Waals surface area (Å²) in [5, 5.41) is 4.67. The van der Waals surface area contributed by atoms with Crippen molar-refractivity contribution in [2.24, 2.45) is 5.16 Å². The molecule has 0 bridgehead atoms. The first kappa shape index (κ1) is 28.0. The van der Waals surface area contributed by atoms with Gasteiger partial charge in [0.15, 0.2) is 5.78 Å². The van der Waals surface area contributed by atoms with Gasteiger partial charge in [0.2, 0.25) is 0 Å². The number of fused-ring (bicyclic) bond motifs is 1. The number of aromatic nitrogens is 3. The molecule has 1 saturated heterocycles. The molecule has 1 fully saturated rings. The molecule has 0 spiro atoms. The van der Waals surface area contributed by atoms with E-state index in [9.17, 15) is 9.59 Å². The number of rotatable bonds is 9. The first-order valence-electron chi connectivity index (χ1n) is 13.7. The van der Waals surface area contributed by atoms with Gasteiger partial charge in [0.05, 0.1) is 62.0 Å². The van der Waals surface area contributed by atoms with Gasteiger partial charge < -0.3 is 23.6 Å². The standard InChI is InChI=1S/C31H29ClN4O6/c1-39-30-17-36(31(38)16-24(30)23-14-20(32)3-4-22(23)25-6-9-42-35-25)28(15-21-18-40-10-11-41-21)29(37)13-19-2-5-26-27(12-19)34-8-7-33-26/h2-5,7-8,12,14,16-17,21,28H,6,9-11,13,15,18H2,1H3. The van der Waals surface area contributed by atoms with E-state index in [1.54, 1.807) is 30.7 Å². The zero-order valence-electron chi connectivity index (χ0n) is 23.0. The lowest BCUT2D eigenvalue weighted by atomic mass is 9.94. The molecule has 0 N–H and O–H groups in total. The van der Waals surface area contributed by atoms with E-state index in [1.165, 1.54) is 17.7 Å². The number of halogens is 1. The van der Waals surface area contributed by atoms with Crippen LogP contribution < -0.4 is 10.3 Å². The molecular weight excluding hydrogens is 560 g/mol. The zero-order valence-corrected chi connectivity index (χ0v) is 23.8. The van der Waals surface area contributed by atoms with Gasteiger partial charge in [-0.3, -0.25) is 19.6 Å². The molecule has 0 saturated carbocycles. The molecule has 2 aliphatic heterocycles. The summed E-state index contributed by atoms with van der Waals surface area (Å²) in [6.07, 6.45) is 5.49. The summed E-state index contributed by atoms with van der Waals surface area (Å²) in [4.78, 5) is 41.6. The van der Waals surface area contributed by atoms with Crippen molar-refractivity contribution in [3.05, 3.63) is 87.6 Å². The molecule has 2 aromatic carbocycles. The van der Waals surface area contributed by atoms with Gasteiger partial charge in [-0.25, -0.2) is 0 Å². The van der Waals surface area contributed by atoms with Crippen molar-refractivity contribution in [3.8, 4) is 16.9 Å². The predicted octanol–water partition coefficient (Wildman–Crippen LogP) is 4.40. The van der Waals surface area contributed by atoms with Crippen LogP contribution in [-0.4, -0.2) is 65.7 Å². The number of methoxy groups -OCH3 is 1. The number of Topliss-reactive ketones (excluding diaryl/α,β-unsaturated/α-hetero) is 1. The van der Waals surface area contributed by atoms with Gasteiger partial charge in [0.25, 0.3) is 5.56 Å². The highest BCUT2D eigenvalue weighted by atomic mass is 35.5. The van der Waals surface area contributed by atoms with Gasteiger partial charge in [-0.2, -0.15) is 0 Å². The molecule has 4 aromatic rings. The van der Waals surface area contributed by atoms with Crippen molar-refractivity contribution in [2.45, 2.75) is 31.4 Å². The summed E-state index contributed by atoms with van der Waals surface area (Å²) < 4.78 is 18.7. The number of hydrogen-bond donors (Lipinski definition) is 0. The fourth-order valence-electron chi connectivity index (χ4n) is 5.39. The first-order valence-corrected chi connectivity index (χ1v) is 14.1. The molecule has 4 heterocycles. The van der Waals surface area contributed by atoms with Gasteiger partial charge in [0, 0.05) is 53.9 Å². The Hall–Kier alpha value is -4.12. The zero-order chi connectivity index (χ0) is 29.1. The molecule has 2 aliphatic rings. The predicted molar refractivity (Wildman–Crippen MR) is 157 cm³/mol. The molecule has 0 radical (unpaired) electrons. The Balaban J connectivity index is 1.39. The third-order valence-electron chi connectivity index (χ3n) is 7.44. The lowest BCUT2D eigenvalue weighted by Gasteiger charge is -2.28. The lowest BCUT2D eigenvalue weighted by Crippen LogP contribution is -2.37. The number of carbonyl (C=O) groups is 1. The normalized spacial score (nSPS) is 17.5. The number of oxime groups is 1. The Morgan fingerprint density at radius 3 is 2.67 bits per heavy atom. The van der Waals surface area contributed by atoms with Crippen LogP contribution >= 0.6 is 11.6 Å². The highest BCUT2D eigenvalue weighted by Crippen LogP contribution is 2.35. The van der Waals surface area contributed by atoms with Gasteiger partial charge >= 0.3 is 0 Å². The summed E-state index contributed by atoms with van der Waals surface area (Å²) >= 11 is 6.38. The van der Waals surface area contributed by atoms with E-state index in [0.717, 1.165) is 22.4 Å². The number of nitrogens with zero attached hydrogens (tertiary/aromatic N) is 4. The molecular formula is C31H29ClN4O6. The van der Waals surface area contributed by atoms with Crippen molar-refractivity contribution >= 4 is 34.1 Å². The molecule has 42 heavy (non-hydrogen) atoms. The van der Waals surface area contributed by atoms with Crippen LogP contribution in [0.15, 0.2) is 71.0 Å². The van der Waals surface area contributed by atoms with E-state index >= 15 is 0 Å². The van der Waals surface area contributed by atoms with E-state index in [2.05, 4.69) is 15.1 Å². The van der Waals surface area contributed by atoms with Crippen LogP contribution in [0.1, 0.15) is 30.0 Å². The molecule has 11 heteroatoms. The van der Waals surface area contributed by atoms with Crippen LogP contribution in [0.4, 0.5) is 0 Å². The molecule has 6 rings (SSSR count). The Labute approximate surface area is 246 Å². The van der Waals surface area contributed by atoms with Gasteiger partial charge in [-0.05, 0) is 35.4 Å². The minimum Gasteiger partial charge on any atom is -0.495 e. The van der Waals surface area contributed by atoms with Crippen molar-refractivity contribution in [1.82, 2.24) is 14.5 Å². The third kappa shape index (κ3) is 5.92. The average molecular weight is 589 g/mol. The molecule has 2 atom stereocenters. The molecule has 2 aromatic heterocycles. The number of hydrogen-bond acceptors (Lipinski definition) is 9. The second kappa shape index (κ2) is 12.4. The van der Waals surface area contributed by atoms with E-state index in [4.69, 9.17) is 30.6 Å². The van der Waals surface area contributed by atoms with Crippen molar-refractivity contribution < 1.29 is 23.8 Å². The minimum absolute atomic E-state index is 0.0968. The fraction of sp³-hybridized carbons (Fsp3) is 0.323. The Morgan fingerprint density at radius 1 is 1.05 bits per heavy atom. The summed E-state index contributed by atoms with van der Waals surface area (Å²) in [7, 11) is 1.53. The minimum atomic E-state index is -0.823. The van der Waals surface area contributed by atoms with Gasteiger partial charge in [-0.1, -0.05) is 28.9 Å². The largest absolute Gasteiger partial charge is 0.495 e. The van der Waals surface area contributed by atoms with Crippen molar-refractivity contribution in [3.63, 3.8) is 0 Å². The second-order valence-corrected chi connectivity index (χ2v) is 10.6. The summed E-state index contributed by atoms with van der Waals surface area (Å²) in [6, 6.07) is 11.6. The maximum Gasteiger partial charge on any atom is 0.252 e. The Morgan fingerprint density at radius 2 is 1.90 bits per heavy atom. The molecule has 0 aliphatic carbocycles. The number of benzene rings is 2. The molecule has 216 valence electrons. The maximum atomic E-state index is 13.9. The highest BCUT2D eigenvalue weighted by molar-refractivity contribution is 6.31. The van der Waals surface area contributed by atoms with Crippen LogP contribution in [0.2, 0.25) is 5.02 Å². The summed E-state index contributed by atoms with van der Waals surface area (Å²) in [6.45, 7) is 1.75. The lowest BCUT2D eigenvalue weighted by molar-refractivity contribution is -0.126. The SMILES string of the molecule is COc1cn(C(CC2COCCO2)C(=O)Cc2ccc3nccnc3c2)c(=O)cc1-c1cc(Cl)ccc1C1=NOCC1. The number of ketones is 1. The van der Waals surface area contributed by atoms with Crippen LogP contribution in [-0.2, 0) is 25.5 Å². The van der Waals surface area contributed by atoms with Gasteiger partial charge in [-0.15, -0.1) is 0 Å². The van der Waals surface area contributed by atoms with E-state index in [-0.39, 0.29) is 30.3 Å².